The van der Waals surface area contributed by atoms with Gasteiger partial charge in [0, 0.05) is 31.0 Å². The highest BCUT2D eigenvalue weighted by molar-refractivity contribution is 6.30. The second kappa shape index (κ2) is 19.5. The number of nitrogens with zero attached hydrogens (tertiary/aromatic N) is 3. The number of fused-ring (bicyclic) bond motifs is 15. The van der Waals surface area contributed by atoms with Gasteiger partial charge in [0.1, 0.15) is 5.82 Å². The van der Waals surface area contributed by atoms with Gasteiger partial charge in [-0.2, -0.15) is 0 Å². The molecule has 8 heteroatoms. The van der Waals surface area contributed by atoms with Crippen molar-refractivity contribution in [2.75, 3.05) is 0 Å². The molecule has 0 aliphatic heterocycles. The molecule has 21 atom stereocenters. The number of aliphatic hydroxyl groups is 3. The van der Waals surface area contributed by atoms with E-state index < -0.39 is 0 Å². The lowest BCUT2D eigenvalue weighted by Crippen LogP contribution is -2.49. The highest BCUT2D eigenvalue weighted by Crippen LogP contribution is 2.71. The van der Waals surface area contributed by atoms with E-state index in [1.165, 1.54) is 118 Å². The van der Waals surface area contributed by atoms with Crippen molar-refractivity contribution in [1.82, 2.24) is 15.0 Å². The number of pyridine rings is 3. The Morgan fingerprint density at radius 3 is 1.25 bits per heavy atom. The number of allylic oxidation sites excluding steroid dienone is 6. The summed E-state index contributed by atoms with van der Waals surface area (Å²) < 4.78 is 13.8. The van der Waals surface area contributed by atoms with Crippen molar-refractivity contribution in [3.8, 4) is 0 Å². The minimum atomic E-state index is -0.239. The predicted octanol–water partition coefficient (Wildman–Crippen LogP) is 16.1. The van der Waals surface area contributed by atoms with Crippen LogP contribution in [0.1, 0.15) is 193 Å². The number of hydrogen-bond acceptors (Lipinski definition) is 6. The van der Waals surface area contributed by atoms with Gasteiger partial charge in [0.15, 0.2) is 0 Å². The fourth-order valence-electron chi connectivity index (χ4n) is 23.2. The zero-order chi connectivity index (χ0) is 53.4. The van der Waals surface area contributed by atoms with E-state index in [2.05, 4.69) is 99.1 Å². The molecule has 12 aliphatic carbocycles. The summed E-state index contributed by atoms with van der Waals surface area (Å²) in [6.07, 6.45) is 43.3. The van der Waals surface area contributed by atoms with Crippen molar-refractivity contribution in [1.29, 1.82) is 0 Å². The van der Waals surface area contributed by atoms with Gasteiger partial charge < -0.3 is 15.3 Å². The molecule has 0 amide bonds. The van der Waals surface area contributed by atoms with Gasteiger partial charge in [-0.3, -0.25) is 15.0 Å². The van der Waals surface area contributed by atoms with E-state index in [0.29, 0.717) is 33.5 Å². The van der Waals surface area contributed by atoms with Crippen LogP contribution in [0.3, 0.4) is 0 Å². The van der Waals surface area contributed by atoms with E-state index >= 15 is 0 Å². The first-order valence-electron chi connectivity index (χ1n) is 31.1. The molecule has 15 rings (SSSR count). The molecule has 77 heavy (non-hydrogen) atoms. The normalized spacial score (nSPS) is 47.5. The number of aromatic nitrogens is 3. The fourth-order valence-corrected chi connectivity index (χ4v) is 23.3. The lowest BCUT2D eigenvalue weighted by molar-refractivity contribution is -0.0657. The van der Waals surface area contributed by atoms with Crippen LogP contribution in [0, 0.1) is 109 Å². The molecular weight excluding hydrogens is 973 g/mol. The number of rotatable bonds is 3. The fraction of sp³-hybridized carbons (Fsp3) is 0.696. The van der Waals surface area contributed by atoms with Crippen molar-refractivity contribution in [3.05, 3.63) is 107 Å². The maximum Gasteiger partial charge on any atom is 0.142 e. The smallest absolute Gasteiger partial charge is 0.142 e. The summed E-state index contributed by atoms with van der Waals surface area (Å²) >= 11 is 6.23. The minimum absolute atomic E-state index is 0.0466. The first kappa shape index (κ1) is 53.1. The Bertz CT molecular complexity index is 2690. The standard InChI is InChI=1S/C23H30ClNO.C23H30FNO.C23H31NO/c2*1-22-8-7-21-18(4-3-15-10-17(26)11-23(15,21)2)20(22)6-5-19(22)14-9-16(24)13-25-12-14;1-22-10-9-21-18(6-5-16-12-17(25)13-23(16,21)2)20(22)8-7-19(22)15-4-3-11-24-14-15/h2*5,9,12-13,15,17-18,20-21,26H,3-4,6-8,10-11H2,1-2H3;3-4,7,11,14,16-18,20-21,25H,5-6,8-10,12-13H2,1-2H3/t2*15?,17?,18-,20-,21-,22+,23-;16?,17?,18-,20-,21-,22+,23-/m000/s1. The molecule has 0 aromatic carbocycles. The molecule has 9 fully saturated rings. The molecule has 9 saturated carbocycles. The molecule has 3 N–H and O–H groups in total. The monoisotopic (exact) mass is 1060 g/mol. The SMILES string of the molecule is C[C@]12CC(O)CC1CC[C@@H]1[C@@H]2CC[C@]2(C)C(c3cccnc3)=CC[C@@H]12.C[C@]12CC(O)CC1CC[C@@H]1[C@@H]2CC[C@]2(C)C(c3cncc(Cl)c3)=CC[C@@H]12.C[C@]12CC(O)CC1CC[C@@H]1[C@@H]2CC[C@]2(C)C(c3cncc(F)c3)=CC[C@@H]12. The van der Waals surface area contributed by atoms with Crippen molar-refractivity contribution < 1.29 is 19.7 Å². The summed E-state index contributed by atoms with van der Waals surface area (Å²) in [7, 11) is 0. The summed E-state index contributed by atoms with van der Waals surface area (Å²) in [6, 6.07) is 8.06. The summed E-state index contributed by atoms with van der Waals surface area (Å²) in [6.45, 7) is 14.9. The molecule has 3 aromatic rings. The van der Waals surface area contributed by atoms with Gasteiger partial charge in [0.25, 0.3) is 0 Å². The Hall–Kier alpha value is -3.23. The van der Waals surface area contributed by atoms with Crippen LogP contribution in [0.5, 0.6) is 0 Å². The zero-order valence-electron chi connectivity index (χ0n) is 47.5. The molecule has 6 nitrogen and oxygen atoms in total. The molecule has 3 aromatic heterocycles. The molecule has 12 aliphatic rings. The van der Waals surface area contributed by atoms with Gasteiger partial charge in [-0.1, -0.05) is 77.4 Å². The zero-order valence-corrected chi connectivity index (χ0v) is 48.2. The third-order valence-electron chi connectivity index (χ3n) is 26.6. The summed E-state index contributed by atoms with van der Waals surface area (Å²) in [5, 5.41) is 31.7. The van der Waals surface area contributed by atoms with Crippen LogP contribution in [0.4, 0.5) is 4.39 Å². The largest absolute Gasteiger partial charge is 0.393 e. The van der Waals surface area contributed by atoms with Crippen molar-refractivity contribution >= 4 is 28.3 Å². The van der Waals surface area contributed by atoms with E-state index in [4.69, 9.17) is 11.6 Å². The highest BCUT2D eigenvalue weighted by Gasteiger charge is 2.63. The summed E-state index contributed by atoms with van der Waals surface area (Å²) in [5.74, 6) is 8.93. The van der Waals surface area contributed by atoms with E-state index in [9.17, 15) is 19.7 Å². The molecule has 3 heterocycles. The van der Waals surface area contributed by atoms with Gasteiger partial charge in [-0.05, 0) is 290 Å². The van der Waals surface area contributed by atoms with E-state index in [-0.39, 0.29) is 35.0 Å². The number of aliphatic hydroxyl groups excluding tert-OH is 3. The Morgan fingerprint density at radius 2 is 0.857 bits per heavy atom. The van der Waals surface area contributed by atoms with Gasteiger partial charge in [-0.25, -0.2) is 4.39 Å². The molecule has 0 bridgehead atoms. The van der Waals surface area contributed by atoms with E-state index in [1.807, 2.05) is 18.6 Å². The topological polar surface area (TPSA) is 99.4 Å². The quantitative estimate of drug-likeness (QED) is 0.242. The first-order chi connectivity index (χ1) is 36.9. The van der Waals surface area contributed by atoms with Gasteiger partial charge in [0.05, 0.1) is 29.5 Å². The lowest BCUT2D eigenvalue weighted by Gasteiger charge is -2.57. The third kappa shape index (κ3) is 8.44. The average molecular weight is 1060 g/mol. The van der Waals surface area contributed by atoms with Crippen molar-refractivity contribution in [2.24, 2.45) is 104 Å². The summed E-state index contributed by atoms with van der Waals surface area (Å²) in [4.78, 5) is 12.8. The second-order valence-corrected chi connectivity index (χ2v) is 30.1. The van der Waals surface area contributed by atoms with Crippen LogP contribution < -0.4 is 0 Å². The number of hydrogen-bond donors (Lipinski definition) is 3. The predicted molar refractivity (Wildman–Crippen MR) is 307 cm³/mol. The van der Waals surface area contributed by atoms with E-state index in [1.54, 1.807) is 17.8 Å². The van der Waals surface area contributed by atoms with Crippen LogP contribution in [0.15, 0.2) is 79.7 Å². The Morgan fingerprint density at radius 1 is 0.468 bits per heavy atom. The van der Waals surface area contributed by atoms with E-state index in [0.717, 1.165) is 115 Å². The highest BCUT2D eigenvalue weighted by atomic mass is 35.5. The molecule has 6 unspecified atom stereocenters. The molecule has 0 radical (unpaired) electrons. The maximum absolute atomic E-state index is 13.8. The average Bonchev–Trinajstić information content (AvgIpc) is 4.46. The Balaban J connectivity index is 0.000000110. The van der Waals surface area contributed by atoms with Crippen LogP contribution >= 0.6 is 11.6 Å². The van der Waals surface area contributed by atoms with Gasteiger partial charge >= 0.3 is 0 Å². The molecule has 0 spiro atoms. The number of halogens is 2. The molecule has 0 saturated heterocycles. The summed E-state index contributed by atoms with van der Waals surface area (Å²) in [5.41, 5.74) is 9.71. The Kier molecular flexibility index (Phi) is 13.4. The van der Waals surface area contributed by atoms with Crippen molar-refractivity contribution in [3.63, 3.8) is 0 Å². The van der Waals surface area contributed by atoms with Crippen LogP contribution in [-0.2, 0) is 0 Å². The molecular formula is C69H91ClFN3O3. The van der Waals surface area contributed by atoms with Crippen LogP contribution in [0.2, 0.25) is 5.02 Å². The Labute approximate surface area is 466 Å². The van der Waals surface area contributed by atoms with Crippen LogP contribution in [-0.4, -0.2) is 48.6 Å². The van der Waals surface area contributed by atoms with Crippen molar-refractivity contribution in [2.45, 2.75) is 195 Å². The second-order valence-electron chi connectivity index (χ2n) is 29.7. The lowest BCUT2D eigenvalue weighted by atomic mass is 9.47. The van der Waals surface area contributed by atoms with Gasteiger partial charge in [0.2, 0.25) is 0 Å². The minimum Gasteiger partial charge on any atom is -0.393 e. The van der Waals surface area contributed by atoms with Gasteiger partial charge in [-0.15, -0.1) is 0 Å². The first-order valence-corrected chi connectivity index (χ1v) is 31.5. The maximum atomic E-state index is 13.8. The van der Waals surface area contributed by atoms with Crippen LogP contribution in [0.25, 0.3) is 16.7 Å². The molecule has 414 valence electrons. The third-order valence-corrected chi connectivity index (χ3v) is 26.8.